The lowest BCUT2D eigenvalue weighted by Crippen LogP contribution is -2.42. The third-order valence-corrected chi connectivity index (χ3v) is 2.40. The number of likely N-dealkylation sites (N-methyl/N-ethyl adjacent to an activating group) is 2. The second kappa shape index (κ2) is 6.43. The average Bonchev–Trinajstić information content (AvgIpc) is 2.29. The first-order valence-corrected chi connectivity index (χ1v) is 5.38. The first-order valence-electron chi connectivity index (χ1n) is 5.38. The van der Waals surface area contributed by atoms with Crippen molar-refractivity contribution in [2.45, 2.75) is 13.0 Å². The largest absolute Gasteiger partial charge is 0.395 e. The van der Waals surface area contributed by atoms with Crippen molar-refractivity contribution in [3.8, 4) is 0 Å². The lowest BCUT2D eigenvalue weighted by Gasteiger charge is -2.25. The molecule has 0 bridgehead atoms. The van der Waals surface area contributed by atoms with Crippen molar-refractivity contribution in [1.82, 2.24) is 5.32 Å². The summed E-state index contributed by atoms with van der Waals surface area (Å²) in [6, 6.07) is 10.3. The molecule has 0 saturated heterocycles. The Hall–Kier alpha value is -1.06. The minimum absolute atomic E-state index is 0.139. The molecule has 3 nitrogen and oxygen atoms in total. The highest BCUT2D eigenvalue weighted by atomic mass is 16.3. The molecular weight excluding hydrogens is 188 g/mol. The van der Waals surface area contributed by atoms with Gasteiger partial charge in [-0.3, -0.25) is 0 Å². The molecule has 0 heterocycles. The van der Waals surface area contributed by atoms with Crippen LogP contribution in [0, 0.1) is 0 Å². The highest BCUT2D eigenvalue weighted by Crippen LogP contribution is 2.10. The van der Waals surface area contributed by atoms with Gasteiger partial charge >= 0.3 is 0 Å². The molecule has 0 fully saturated rings. The van der Waals surface area contributed by atoms with Gasteiger partial charge in [-0.1, -0.05) is 25.1 Å². The van der Waals surface area contributed by atoms with Crippen molar-refractivity contribution < 1.29 is 5.11 Å². The van der Waals surface area contributed by atoms with Crippen LogP contribution in [-0.2, 0) is 0 Å². The fourth-order valence-corrected chi connectivity index (χ4v) is 1.59. The maximum atomic E-state index is 9.16. The molecule has 15 heavy (non-hydrogen) atoms. The first kappa shape index (κ1) is 12.0. The molecule has 84 valence electrons. The quantitative estimate of drug-likeness (QED) is 0.734. The summed E-state index contributed by atoms with van der Waals surface area (Å²) in [4.78, 5) is 2.14. The molecule has 1 aromatic carbocycles. The third kappa shape index (κ3) is 3.90. The summed E-state index contributed by atoms with van der Waals surface area (Å²) in [5.74, 6) is 0. The lowest BCUT2D eigenvalue weighted by atomic mass is 10.2. The Balaban J connectivity index is 2.50. The SMILES string of the molecule is CCNC(CO)CN(C)c1ccccc1. The monoisotopic (exact) mass is 208 g/mol. The number of nitrogens with one attached hydrogen (secondary N) is 1. The minimum Gasteiger partial charge on any atom is -0.395 e. The van der Waals surface area contributed by atoms with Gasteiger partial charge in [-0.15, -0.1) is 0 Å². The van der Waals surface area contributed by atoms with Crippen LogP contribution in [0.15, 0.2) is 30.3 Å². The molecule has 0 radical (unpaired) electrons. The fraction of sp³-hybridized carbons (Fsp3) is 0.500. The molecule has 0 aliphatic rings. The zero-order valence-electron chi connectivity index (χ0n) is 9.48. The molecular formula is C12H20N2O. The normalized spacial score (nSPS) is 12.5. The number of hydrogen-bond donors (Lipinski definition) is 2. The number of aliphatic hydroxyl groups excluding tert-OH is 1. The van der Waals surface area contributed by atoms with Gasteiger partial charge < -0.3 is 15.3 Å². The number of anilines is 1. The van der Waals surface area contributed by atoms with Crippen molar-refractivity contribution in [3.05, 3.63) is 30.3 Å². The maximum Gasteiger partial charge on any atom is 0.0601 e. The fourth-order valence-electron chi connectivity index (χ4n) is 1.59. The summed E-state index contributed by atoms with van der Waals surface area (Å²) >= 11 is 0. The van der Waals surface area contributed by atoms with Crippen molar-refractivity contribution >= 4 is 5.69 Å². The Kier molecular flexibility index (Phi) is 5.15. The van der Waals surface area contributed by atoms with Crippen molar-refractivity contribution in [3.63, 3.8) is 0 Å². The summed E-state index contributed by atoms with van der Waals surface area (Å²) in [7, 11) is 2.04. The number of para-hydroxylation sites is 1. The predicted octanol–water partition coefficient (Wildman–Crippen LogP) is 1.09. The Morgan fingerprint density at radius 3 is 2.53 bits per heavy atom. The van der Waals surface area contributed by atoms with Crippen LogP contribution >= 0.6 is 0 Å². The number of benzene rings is 1. The van der Waals surface area contributed by atoms with Crippen molar-refractivity contribution in [2.24, 2.45) is 0 Å². The summed E-state index contributed by atoms with van der Waals surface area (Å²) in [5, 5.41) is 12.4. The molecule has 1 atom stereocenters. The van der Waals surface area contributed by atoms with Crippen molar-refractivity contribution in [1.29, 1.82) is 0 Å². The van der Waals surface area contributed by atoms with Gasteiger partial charge in [0.05, 0.1) is 6.61 Å². The van der Waals surface area contributed by atoms with E-state index >= 15 is 0 Å². The van der Waals surface area contributed by atoms with Crippen LogP contribution in [0.2, 0.25) is 0 Å². The van der Waals surface area contributed by atoms with Gasteiger partial charge in [0.2, 0.25) is 0 Å². The Bertz CT molecular complexity index is 264. The van der Waals surface area contributed by atoms with E-state index in [0.717, 1.165) is 13.1 Å². The van der Waals surface area contributed by atoms with Gasteiger partial charge in [-0.2, -0.15) is 0 Å². The third-order valence-electron chi connectivity index (χ3n) is 2.40. The summed E-state index contributed by atoms with van der Waals surface area (Å²) < 4.78 is 0. The van der Waals surface area contributed by atoms with Gasteiger partial charge in [-0.05, 0) is 18.7 Å². The smallest absolute Gasteiger partial charge is 0.0601 e. The van der Waals surface area contributed by atoms with Crippen LogP contribution in [0.1, 0.15) is 6.92 Å². The summed E-state index contributed by atoms with van der Waals surface area (Å²) in [5.41, 5.74) is 1.17. The van der Waals surface area contributed by atoms with Crippen molar-refractivity contribution in [2.75, 3.05) is 31.6 Å². The molecule has 0 amide bonds. The minimum atomic E-state index is 0.139. The molecule has 1 rings (SSSR count). The van der Waals surface area contributed by atoms with Crippen LogP contribution in [0.4, 0.5) is 5.69 Å². The zero-order valence-corrected chi connectivity index (χ0v) is 9.48. The van der Waals surface area contributed by atoms with E-state index in [4.69, 9.17) is 5.11 Å². The van der Waals surface area contributed by atoms with E-state index in [9.17, 15) is 0 Å². The van der Waals surface area contributed by atoms with Crippen LogP contribution in [0.25, 0.3) is 0 Å². The lowest BCUT2D eigenvalue weighted by molar-refractivity contribution is 0.246. The molecule has 0 aliphatic heterocycles. The Labute approximate surface area is 91.7 Å². The van der Waals surface area contributed by atoms with E-state index in [-0.39, 0.29) is 12.6 Å². The van der Waals surface area contributed by atoms with E-state index in [1.54, 1.807) is 0 Å². The standard InChI is InChI=1S/C12H20N2O/c1-3-13-11(10-15)9-14(2)12-7-5-4-6-8-12/h4-8,11,13,15H,3,9-10H2,1-2H3. The number of hydrogen-bond acceptors (Lipinski definition) is 3. The van der Waals surface area contributed by atoms with E-state index in [1.807, 2.05) is 32.2 Å². The second-order valence-corrected chi connectivity index (χ2v) is 3.65. The second-order valence-electron chi connectivity index (χ2n) is 3.65. The van der Waals surface area contributed by atoms with E-state index < -0.39 is 0 Å². The van der Waals surface area contributed by atoms with Crippen LogP contribution in [0.5, 0.6) is 0 Å². The van der Waals surface area contributed by atoms with E-state index in [2.05, 4.69) is 22.3 Å². The van der Waals surface area contributed by atoms with Gasteiger partial charge in [0.1, 0.15) is 0 Å². The molecule has 2 N–H and O–H groups in total. The van der Waals surface area contributed by atoms with Gasteiger partial charge in [-0.25, -0.2) is 0 Å². The molecule has 0 aliphatic carbocycles. The zero-order chi connectivity index (χ0) is 11.1. The number of aliphatic hydroxyl groups is 1. The number of nitrogens with zero attached hydrogens (tertiary/aromatic N) is 1. The molecule has 0 saturated carbocycles. The van der Waals surface area contributed by atoms with Crippen LogP contribution in [-0.4, -0.2) is 37.9 Å². The van der Waals surface area contributed by atoms with Gasteiger partial charge in [0, 0.05) is 25.3 Å². The maximum absolute atomic E-state index is 9.16. The highest BCUT2D eigenvalue weighted by molar-refractivity contribution is 5.45. The van der Waals surface area contributed by atoms with Crippen LogP contribution < -0.4 is 10.2 Å². The predicted molar refractivity (Wildman–Crippen MR) is 64.3 cm³/mol. The molecule has 0 aromatic heterocycles. The molecule has 3 heteroatoms. The Morgan fingerprint density at radius 1 is 1.33 bits per heavy atom. The first-order chi connectivity index (χ1) is 7.27. The van der Waals surface area contributed by atoms with Gasteiger partial charge in [0.15, 0.2) is 0 Å². The average molecular weight is 208 g/mol. The molecule has 1 unspecified atom stereocenters. The van der Waals surface area contributed by atoms with E-state index in [0.29, 0.717) is 0 Å². The molecule has 0 spiro atoms. The molecule has 1 aromatic rings. The highest BCUT2D eigenvalue weighted by Gasteiger charge is 2.09. The Morgan fingerprint density at radius 2 is 2.00 bits per heavy atom. The topological polar surface area (TPSA) is 35.5 Å². The van der Waals surface area contributed by atoms with E-state index in [1.165, 1.54) is 5.69 Å². The summed E-state index contributed by atoms with van der Waals surface area (Å²) in [6.45, 7) is 3.92. The van der Waals surface area contributed by atoms with Gasteiger partial charge in [0.25, 0.3) is 0 Å². The number of rotatable bonds is 6. The summed E-state index contributed by atoms with van der Waals surface area (Å²) in [6.07, 6.45) is 0. The van der Waals surface area contributed by atoms with Crippen LogP contribution in [0.3, 0.4) is 0 Å².